The van der Waals surface area contributed by atoms with Crippen LogP contribution >= 0.6 is 0 Å². The first kappa shape index (κ1) is 29.5. The molecule has 2 aliphatic carbocycles. The van der Waals surface area contributed by atoms with E-state index in [1.807, 2.05) is 0 Å². The summed E-state index contributed by atoms with van der Waals surface area (Å²) < 4.78 is 0. The molecule has 1 aromatic heterocycles. The van der Waals surface area contributed by atoms with Gasteiger partial charge in [0.2, 0.25) is 0 Å². The van der Waals surface area contributed by atoms with E-state index < -0.39 is 0 Å². The van der Waals surface area contributed by atoms with Crippen LogP contribution in [0.4, 0.5) is 0 Å². The summed E-state index contributed by atoms with van der Waals surface area (Å²) in [7, 11) is 0. The molecular weight excluding hydrogens is 583 g/mol. The molecule has 0 fully saturated rings. The molecule has 0 saturated carbocycles. The lowest BCUT2D eigenvalue weighted by molar-refractivity contribution is 0.754. The van der Waals surface area contributed by atoms with Gasteiger partial charge in [0, 0.05) is 11.5 Å². The SMILES string of the molecule is C1=CCCC(c2nc(-c3cccc(-c4cccc(-c5cccc(-c6ccc(-c7ccccc7)cc6)c5)c4)c3)nc(C3C=CC=CC3)n2)=C1. The van der Waals surface area contributed by atoms with Gasteiger partial charge in [-0.1, -0.05) is 152 Å². The number of benzene rings is 5. The molecule has 1 heterocycles. The van der Waals surface area contributed by atoms with Gasteiger partial charge in [-0.2, -0.15) is 0 Å². The minimum Gasteiger partial charge on any atom is -0.213 e. The van der Waals surface area contributed by atoms with E-state index >= 15 is 0 Å². The highest BCUT2D eigenvalue weighted by molar-refractivity contribution is 5.79. The van der Waals surface area contributed by atoms with E-state index in [9.17, 15) is 0 Å². The summed E-state index contributed by atoms with van der Waals surface area (Å²) in [6.07, 6.45) is 17.8. The largest absolute Gasteiger partial charge is 0.213 e. The molecule has 1 atom stereocenters. The molecule has 48 heavy (non-hydrogen) atoms. The average molecular weight is 618 g/mol. The van der Waals surface area contributed by atoms with Crippen molar-refractivity contribution in [2.45, 2.75) is 25.2 Å². The summed E-state index contributed by atoms with van der Waals surface area (Å²) in [5.74, 6) is 2.47. The van der Waals surface area contributed by atoms with Crippen molar-refractivity contribution in [2.75, 3.05) is 0 Å². The van der Waals surface area contributed by atoms with Gasteiger partial charge in [0.15, 0.2) is 11.6 Å². The summed E-state index contributed by atoms with van der Waals surface area (Å²) in [5.41, 5.74) is 11.7. The van der Waals surface area contributed by atoms with Crippen molar-refractivity contribution in [1.29, 1.82) is 0 Å². The highest BCUT2D eigenvalue weighted by Crippen LogP contribution is 2.33. The first-order valence-corrected chi connectivity index (χ1v) is 16.7. The van der Waals surface area contributed by atoms with Crippen LogP contribution in [-0.2, 0) is 0 Å². The van der Waals surface area contributed by atoms with Crippen LogP contribution in [0.3, 0.4) is 0 Å². The van der Waals surface area contributed by atoms with E-state index in [1.54, 1.807) is 0 Å². The Morgan fingerprint density at radius 1 is 0.438 bits per heavy atom. The number of allylic oxidation sites excluding steroid dienone is 8. The van der Waals surface area contributed by atoms with E-state index in [0.29, 0.717) is 0 Å². The maximum atomic E-state index is 5.03. The molecule has 0 bridgehead atoms. The van der Waals surface area contributed by atoms with Gasteiger partial charge in [0.05, 0.1) is 0 Å². The molecule has 1 unspecified atom stereocenters. The zero-order valence-corrected chi connectivity index (χ0v) is 26.7. The second-order valence-corrected chi connectivity index (χ2v) is 12.3. The number of hydrogen-bond acceptors (Lipinski definition) is 3. The molecule has 0 radical (unpaired) electrons. The van der Waals surface area contributed by atoms with Gasteiger partial charge in [0.25, 0.3) is 0 Å². The highest BCUT2D eigenvalue weighted by Gasteiger charge is 2.18. The van der Waals surface area contributed by atoms with Crippen LogP contribution in [0.1, 0.15) is 36.8 Å². The molecule has 0 spiro atoms. The predicted octanol–water partition coefficient (Wildman–Crippen LogP) is 11.5. The first-order valence-electron chi connectivity index (χ1n) is 16.7. The lowest BCUT2D eigenvalue weighted by Gasteiger charge is -2.16. The van der Waals surface area contributed by atoms with Crippen molar-refractivity contribution < 1.29 is 0 Å². The molecular formula is C45H35N3. The average Bonchev–Trinajstić information content (AvgIpc) is 3.19. The van der Waals surface area contributed by atoms with Crippen LogP contribution in [0.25, 0.3) is 61.5 Å². The van der Waals surface area contributed by atoms with Crippen molar-refractivity contribution >= 4 is 5.57 Å². The third-order valence-corrected chi connectivity index (χ3v) is 9.10. The Labute approximate surface area is 282 Å². The summed E-state index contributed by atoms with van der Waals surface area (Å²) in [4.78, 5) is 15.0. The van der Waals surface area contributed by atoms with Crippen LogP contribution in [0.2, 0.25) is 0 Å². The second kappa shape index (κ2) is 13.4. The summed E-state index contributed by atoms with van der Waals surface area (Å²) in [5, 5.41) is 0. The van der Waals surface area contributed by atoms with Crippen LogP contribution in [0, 0.1) is 0 Å². The number of nitrogens with zero attached hydrogens (tertiary/aromatic N) is 3. The van der Waals surface area contributed by atoms with E-state index in [-0.39, 0.29) is 5.92 Å². The van der Waals surface area contributed by atoms with Gasteiger partial charge >= 0.3 is 0 Å². The smallest absolute Gasteiger partial charge is 0.163 e. The molecule has 2 aliphatic rings. The number of aromatic nitrogens is 3. The van der Waals surface area contributed by atoms with Crippen LogP contribution in [0.15, 0.2) is 170 Å². The molecule has 3 heteroatoms. The normalized spacial score (nSPS) is 15.3. The third kappa shape index (κ3) is 6.36. The Morgan fingerprint density at radius 3 is 1.58 bits per heavy atom. The third-order valence-electron chi connectivity index (χ3n) is 9.10. The van der Waals surface area contributed by atoms with Gasteiger partial charge in [-0.15, -0.1) is 0 Å². The van der Waals surface area contributed by atoms with Crippen molar-refractivity contribution in [2.24, 2.45) is 0 Å². The van der Waals surface area contributed by atoms with Crippen molar-refractivity contribution in [3.05, 3.63) is 182 Å². The minimum atomic E-state index is 0.146. The lowest BCUT2D eigenvalue weighted by atomic mass is 9.95. The standard InChI is InChI=1S/C45H35N3/c1-4-13-32(14-5-1)33-25-27-34(28-26-33)37-19-10-20-38(29-37)39-21-11-22-40(30-39)41-23-12-24-42(31-41)45-47-43(35-15-6-2-7-16-35)46-44(48-45)36-17-8-3-9-18-36/h1-8,10-15,17,19-31,35H,9,16,18H2. The van der Waals surface area contributed by atoms with Gasteiger partial charge < -0.3 is 0 Å². The van der Waals surface area contributed by atoms with Crippen molar-refractivity contribution in [3.63, 3.8) is 0 Å². The Balaban J connectivity index is 1.10. The monoisotopic (exact) mass is 617 g/mol. The van der Waals surface area contributed by atoms with E-state index in [0.717, 1.165) is 59.0 Å². The number of hydrogen-bond donors (Lipinski definition) is 0. The second-order valence-electron chi connectivity index (χ2n) is 12.3. The van der Waals surface area contributed by atoms with Gasteiger partial charge in [0.1, 0.15) is 5.82 Å². The molecule has 3 nitrogen and oxygen atoms in total. The van der Waals surface area contributed by atoms with Crippen molar-refractivity contribution in [1.82, 2.24) is 15.0 Å². The molecule has 5 aromatic carbocycles. The molecule has 6 aromatic rings. The van der Waals surface area contributed by atoms with E-state index in [4.69, 9.17) is 15.0 Å². The van der Waals surface area contributed by atoms with Crippen molar-refractivity contribution in [3.8, 4) is 55.9 Å². The van der Waals surface area contributed by atoms with Gasteiger partial charge in [-0.05, 0) is 87.5 Å². The van der Waals surface area contributed by atoms with E-state index in [1.165, 1.54) is 33.4 Å². The zero-order chi connectivity index (χ0) is 32.1. The Hall–Kier alpha value is -5.93. The van der Waals surface area contributed by atoms with Crippen LogP contribution < -0.4 is 0 Å². The fourth-order valence-electron chi connectivity index (χ4n) is 6.47. The van der Waals surface area contributed by atoms with Crippen LogP contribution in [-0.4, -0.2) is 15.0 Å². The highest BCUT2D eigenvalue weighted by atomic mass is 15.0. The molecule has 8 rings (SSSR count). The lowest BCUT2D eigenvalue weighted by Crippen LogP contribution is -2.09. The Bertz CT molecular complexity index is 2200. The summed E-state index contributed by atoms with van der Waals surface area (Å²) in [6.45, 7) is 0. The Kier molecular flexibility index (Phi) is 8.25. The fraction of sp³-hybridized carbons (Fsp3) is 0.0889. The minimum absolute atomic E-state index is 0.146. The molecule has 230 valence electrons. The predicted molar refractivity (Wildman–Crippen MR) is 199 cm³/mol. The molecule has 0 amide bonds. The maximum absolute atomic E-state index is 5.03. The fourth-order valence-corrected chi connectivity index (χ4v) is 6.47. The molecule has 0 aliphatic heterocycles. The van der Waals surface area contributed by atoms with E-state index in [2.05, 4.69) is 170 Å². The number of rotatable bonds is 7. The first-order chi connectivity index (χ1) is 23.8. The molecule has 0 saturated heterocycles. The Morgan fingerprint density at radius 2 is 0.979 bits per heavy atom. The van der Waals surface area contributed by atoms with Gasteiger partial charge in [-0.3, -0.25) is 0 Å². The summed E-state index contributed by atoms with van der Waals surface area (Å²) in [6, 6.07) is 45.5. The zero-order valence-electron chi connectivity index (χ0n) is 26.7. The maximum Gasteiger partial charge on any atom is 0.163 e. The van der Waals surface area contributed by atoms with Crippen LogP contribution in [0.5, 0.6) is 0 Å². The van der Waals surface area contributed by atoms with Gasteiger partial charge in [-0.25, -0.2) is 15.0 Å². The topological polar surface area (TPSA) is 38.7 Å². The molecule has 0 N–H and O–H groups in total. The summed E-state index contributed by atoms with van der Waals surface area (Å²) >= 11 is 0. The quantitative estimate of drug-likeness (QED) is 0.179.